The van der Waals surface area contributed by atoms with Gasteiger partial charge in [-0.3, -0.25) is 4.79 Å². The molecular weight excluding hydrogens is 281 g/mol. The molecule has 1 aromatic carbocycles. The SMILES string of the molecule is Cc1cc(CNC(=O)CSc2nnnn2C)ccc1F. The number of tetrazole rings is 1. The third kappa shape index (κ3) is 3.77. The second-order valence-corrected chi connectivity index (χ2v) is 5.18. The van der Waals surface area contributed by atoms with Crippen molar-refractivity contribution < 1.29 is 9.18 Å². The minimum atomic E-state index is -0.245. The van der Waals surface area contributed by atoms with Crippen molar-refractivity contribution in [2.24, 2.45) is 7.05 Å². The van der Waals surface area contributed by atoms with Gasteiger partial charge in [0.1, 0.15) is 5.82 Å². The zero-order valence-electron chi connectivity index (χ0n) is 11.1. The lowest BCUT2D eigenvalue weighted by Crippen LogP contribution is -2.24. The molecule has 6 nitrogen and oxygen atoms in total. The molecule has 0 aliphatic heterocycles. The summed E-state index contributed by atoms with van der Waals surface area (Å²) in [6, 6.07) is 4.77. The van der Waals surface area contributed by atoms with Gasteiger partial charge in [0, 0.05) is 13.6 Å². The number of carbonyl (C=O) groups excluding carboxylic acids is 1. The Balaban J connectivity index is 1.80. The van der Waals surface area contributed by atoms with Crippen LogP contribution >= 0.6 is 11.8 Å². The Hall–Kier alpha value is -1.96. The third-order valence-electron chi connectivity index (χ3n) is 2.63. The number of aromatic nitrogens is 4. The lowest BCUT2D eigenvalue weighted by molar-refractivity contribution is -0.118. The highest BCUT2D eigenvalue weighted by Gasteiger charge is 2.07. The van der Waals surface area contributed by atoms with Crippen LogP contribution in [0.2, 0.25) is 0 Å². The van der Waals surface area contributed by atoms with E-state index in [2.05, 4.69) is 20.8 Å². The standard InChI is InChI=1S/C12H14FN5OS/c1-8-5-9(3-4-10(8)13)6-14-11(19)7-20-12-15-16-17-18(12)2/h3-5H,6-7H2,1-2H3,(H,14,19). The molecule has 1 aromatic heterocycles. The van der Waals surface area contributed by atoms with Crippen molar-refractivity contribution in [3.63, 3.8) is 0 Å². The number of hydrogen-bond donors (Lipinski definition) is 1. The van der Waals surface area contributed by atoms with Crippen molar-refractivity contribution in [3.8, 4) is 0 Å². The van der Waals surface area contributed by atoms with Crippen LogP contribution in [0, 0.1) is 12.7 Å². The number of halogens is 1. The molecule has 0 spiro atoms. The number of carbonyl (C=O) groups is 1. The first-order chi connectivity index (χ1) is 9.56. The molecule has 20 heavy (non-hydrogen) atoms. The number of rotatable bonds is 5. The first-order valence-electron chi connectivity index (χ1n) is 5.93. The fraction of sp³-hybridized carbons (Fsp3) is 0.333. The molecule has 1 amide bonds. The first kappa shape index (κ1) is 14.4. The lowest BCUT2D eigenvalue weighted by atomic mass is 10.1. The van der Waals surface area contributed by atoms with Gasteiger partial charge in [-0.1, -0.05) is 23.9 Å². The number of aryl methyl sites for hydroxylation is 2. The van der Waals surface area contributed by atoms with Gasteiger partial charge in [0.2, 0.25) is 11.1 Å². The Bertz CT molecular complexity index is 616. The highest BCUT2D eigenvalue weighted by molar-refractivity contribution is 7.99. The minimum Gasteiger partial charge on any atom is -0.351 e. The molecule has 1 N–H and O–H groups in total. The van der Waals surface area contributed by atoms with Crippen molar-refractivity contribution in [3.05, 3.63) is 35.1 Å². The molecule has 2 aromatic rings. The van der Waals surface area contributed by atoms with Crippen LogP contribution in [0.25, 0.3) is 0 Å². The highest BCUT2D eigenvalue weighted by Crippen LogP contribution is 2.12. The maximum absolute atomic E-state index is 13.1. The number of nitrogens with zero attached hydrogens (tertiary/aromatic N) is 4. The van der Waals surface area contributed by atoms with Crippen LogP contribution in [0.5, 0.6) is 0 Å². The van der Waals surface area contributed by atoms with Crippen molar-refractivity contribution in [1.82, 2.24) is 25.5 Å². The Kier molecular flexibility index (Phi) is 4.67. The molecule has 8 heteroatoms. The molecule has 0 aliphatic rings. The minimum absolute atomic E-state index is 0.125. The summed E-state index contributed by atoms with van der Waals surface area (Å²) in [6.07, 6.45) is 0. The Morgan fingerprint density at radius 1 is 1.50 bits per heavy atom. The molecule has 0 fully saturated rings. The summed E-state index contributed by atoms with van der Waals surface area (Å²) in [7, 11) is 1.71. The van der Waals surface area contributed by atoms with Crippen molar-refractivity contribution >= 4 is 17.7 Å². The zero-order chi connectivity index (χ0) is 14.5. The van der Waals surface area contributed by atoms with Crippen LogP contribution in [0.3, 0.4) is 0 Å². The van der Waals surface area contributed by atoms with Crippen LogP contribution in [0.1, 0.15) is 11.1 Å². The highest BCUT2D eigenvalue weighted by atomic mass is 32.2. The summed E-state index contributed by atoms with van der Waals surface area (Å²) < 4.78 is 14.6. The Morgan fingerprint density at radius 3 is 2.95 bits per heavy atom. The van der Waals surface area contributed by atoms with E-state index < -0.39 is 0 Å². The van der Waals surface area contributed by atoms with Crippen molar-refractivity contribution in [1.29, 1.82) is 0 Å². The average Bonchev–Trinajstić information content (AvgIpc) is 2.83. The van der Waals surface area contributed by atoms with Gasteiger partial charge in [-0.2, -0.15) is 0 Å². The summed E-state index contributed by atoms with van der Waals surface area (Å²) in [5.74, 6) is -0.139. The quantitative estimate of drug-likeness (QED) is 0.835. The number of nitrogens with one attached hydrogen (secondary N) is 1. The van der Waals surface area contributed by atoms with Gasteiger partial charge in [0.25, 0.3) is 0 Å². The molecule has 0 saturated heterocycles. The molecule has 0 bridgehead atoms. The van der Waals surface area contributed by atoms with E-state index in [0.29, 0.717) is 17.3 Å². The van der Waals surface area contributed by atoms with Gasteiger partial charge < -0.3 is 5.32 Å². The molecule has 0 saturated carbocycles. The van der Waals surface area contributed by atoms with Crippen LogP contribution < -0.4 is 5.32 Å². The van der Waals surface area contributed by atoms with Gasteiger partial charge in [0.15, 0.2) is 0 Å². The van der Waals surface area contributed by atoms with Crippen LogP contribution in [-0.4, -0.2) is 31.9 Å². The maximum Gasteiger partial charge on any atom is 0.230 e. The molecule has 1 heterocycles. The monoisotopic (exact) mass is 295 g/mol. The fourth-order valence-corrected chi connectivity index (χ4v) is 2.22. The van der Waals surface area contributed by atoms with E-state index in [4.69, 9.17) is 0 Å². The number of hydrogen-bond acceptors (Lipinski definition) is 5. The van der Waals surface area contributed by atoms with Gasteiger partial charge in [-0.05, 0) is 34.5 Å². The van der Waals surface area contributed by atoms with E-state index in [9.17, 15) is 9.18 Å². The summed E-state index contributed by atoms with van der Waals surface area (Å²) in [4.78, 5) is 11.7. The molecule has 2 rings (SSSR count). The van der Waals surface area contributed by atoms with Gasteiger partial charge in [0.05, 0.1) is 5.75 Å². The van der Waals surface area contributed by atoms with E-state index in [1.165, 1.54) is 22.5 Å². The average molecular weight is 295 g/mol. The van der Waals surface area contributed by atoms with Gasteiger partial charge >= 0.3 is 0 Å². The molecule has 106 valence electrons. The predicted molar refractivity (Wildman–Crippen MR) is 72.5 cm³/mol. The molecule has 0 aliphatic carbocycles. The molecular formula is C12H14FN5OS. The summed E-state index contributed by atoms with van der Waals surface area (Å²) in [5, 5.41) is 14.3. The van der Waals surface area contributed by atoms with E-state index in [1.807, 2.05) is 0 Å². The van der Waals surface area contributed by atoms with E-state index in [0.717, 1.165) is 5.56 Å². The third-order valence-corrected chi connectivity index (χ3v) is 3.64. The number of thioether (sulfide) groups is 1. The molecule has 0 radical (unpaired) electrons. The Labute approximate surface area is 119 Å². The maximum atomic E-state index is 13.1. The summed E-state index contributed by atoms with van der Waals surface area (Å²) in [6.45, 7) is 2.06. The number of benzene rings is 1. The Morgan fingerprint density at radius 2 is 2.30 bits per heavy atom. The first-order valence-corrected chi connectivity index (χ1v) is 6.91. The normalized spacial score (nSPS) is 10.6. The topological polar surface area (TPSA) is 72.7 Å². The van der Waals surface area contributed by atoms with Crippen molar-refractivity contribution in [2.45, 2.75) is 18.6 Å². The van der Waals surface area contributed by atoms with Crippen LogP contribution in [0.4, 0.5) is 4.39 Å². The molecule has 0 unspecified atom stereocenters. The summed E-state index contributed by atoms with van der Waals surface area (Å²) in [5.41, 5.74) is 1.43. The van der Waals surface area contributed by atoms with Gasteiger partial charge in [-0.15, -0.1) is 5.10 Å². The second-order valence-electron chi connectivity index (χ2n) is 4.23. The van der Waals surface area contributed by atoms with E-state index in [-0.39, 0.29) is 17.5 Å². The fourth-order valence-electron chi connectivity index (χ4n) is 1.54. The summed E-state index contributed by atoms with van der Waals surface area (Å²) >= 11 is 1.26. The van der Waals surface area contributed by atoms with Gasteiger partial charge in [-0.25, -0.2) is 9.07 Å². The van der Waals surface area contributed by atoms with E-state index in [1.54, 1.807) is 26.1 Å². The second kappa shape index (κ2) is 6.47. The zero-order valence-corrected chi connectivity index (χ0v) is 11.9. The van der Waals surface area contributed by atoms with Crippen LogP contribution in [-0.2, 0) is 18.4 Å². The molecule has 0 atom stereocenters. The smallest absolute Gasteiger partial charge is 0.230 e. The lowest BCUT2D eigenvalue weighted by Gasteiger charge is -2.06. The largest absolute Gasteiger partial charge is 0.351 e. The number of amides is 1. The van der Waals surface area contributed by atoms with E-state index >= 15 is 0 Å². The van der Waals surface area contributed by atoms with Crippen molar-refractivity contribution in [2.75, 3.05) is 5.75 Å². The predicted octanol–water partition coefficient (Wildman–Crippen LogP) is 1.07. The van der Waals surface area contributed by atoms with Crippen LogP contribution in [0.15, 0.2) is 23.4 Å².